The molecule has 5 rings (SSSR count). The monoisotopic (exact) mass is 497 g/mol. The number of halogens is 1. The zero-order valence-electron chi connectivity index (χ0n) is 17.3. The molecule has 0 amide bonds. The Bertz CT molecular complexity index is 1430. The molecule has 12 heteroatoms. The second-order valence-electron chi connectivity index (χ2n) is 7.40. The number of fused-ring (bicyclic) bond motifs is 2. The number of nitrogens with one attached hydrogen (secondary N) is 1. The second kappa shape index (κ2) is 8.61. The number of H-pyrrole nitrogens is 1. The van der Waals surface area contributed by atoms with Crippen molar-refractivity contribution in [2.75, 3.05) is 0 Å². The highest BCUT2D eigenvalue weighted by molar-refractivity contribution is 9.10. The van der Waals surface area contributed by atoms with Crippen LogP contribution in [-0.4, -0.2) is 44.3 Å². The molecule has 0 bridgehead atoms. The molecular formula is C20H20BrN9O2. The summed E-state index contributed by atoms with van der Waals surface area (Å²) in [7, 11) is 0. The average molecular weight is 498 g/mol. The largest absolute Gasteiger partial charge is 0.334 e. The molecule has 0 radical (unpaired) electrons. The number of imidazole rings is 1. The van der Waals surface area contributed by atoms with E-state index < -0.39 is 0 Å². The molecule has 0 saturated heterocycles. The Labute approximate surface area is 190 Å². The van der Waals surface area contributed by atoms with Gasteiger partial charge in [0.05, 0.1) is 5.56 Å². The molecular weight excluding hydrogens is 478 g/mol. The van der Waals surface area contributed by atoms with E-state index in [0.29, 0.717) is 58.6 Å². The summed E-state index contributed by atoms with van der Waals surface area (Å²) < 4.78 is 9.33. The second-order valence-corrected chi connectivity index (χ2v) is 8.15. The van der Waals surface area contributed by atoms with Crippen molar-refractivity contribution < 1.29 is 4.52 Å². The lowest BCUT2D eigenvalue weighted by molar-refractivity contribution is 0.422. The first kappa shape index (κ1) is 20.5. The van der Waals surface area contributed by atoms with Gasteiger partial charge in [0.15, 0.2) is 21.7 Å². The molecule has 0 fully saturated rings. The molecule has 0 saturated carbocycles. The number of pyridine rings is 1. The maximum atomic E-state index is 13.2. The molecule has 0 unspecified atom stereocenters. The van der Waals surface area contributed by atoms with Crippen LogP contribution in [0.25, 0.3) is 28.4 Å². The number of unbranched alkanes of at least 4 members (excludes halogenated alkanes) is 2. The van der Waals surface area contributed by atoms with E-state index in [0.717, 1.165) is 24.8 Å². The first-order valence-corrected chi connectivity index (χ1v) is 11.2. The van der Waals surface area contributed by atoms with Crippen LogP contribution >= 0.6 is 15.9 Å². The van der Waals surface area contributed by atoms with Crippen molar-refractivity contribution in [3.8, 4) is 11.5 Å². The van der Waals surface area contributed by atoms with E-state index >= 15 is 0 Å². The number of aromatic amines is 1. The minimum Gasteiger partial charge on any atom is -0.334 e. The van der Waals surface area contributed by atoms with Crippen molar-refractivity contribution in [1.29, 1.82) is 0 Å². The van der Waals surface area contributed by atoms with Gasteiger partial charge in [-0.3, -0.25) is 14.3 Å². The van der Waals surface area contributed by atoms with Crippen molar-refractivity contribution >= 4 is 32.9 Å². The summed E-state index contributed by atoms with van der Waals surface area (Å²) in [4.78, 5) is 29.1. The summed E-state index contributed by atoms with van der Waals surface area (Å²) in [6.45, 7) is 2.84. The Morgan fingerprint density at radius 2 is 2.09 bits per heavy atom. The predicted octanol–water partition coefficient (Wildman–Crippen LogP) is 2.95. The first-order valence-electron chi connectivity index (χ1n) is 10.4. The van der Waals surface area contributed by atoms with Crippen LogP contribution in [0.4, 0.5) is 0 Å². The Balaban J connectivity index is 1.47. The highest BCUT2D eigenvalue weighted by atomic mass is 79.9. The Morgan fingerprint density at radius 3 is 2.91 bits per heavy atom. The van der Waals surface area contributed by atoms with Crippen molar-refractivity contribution in [3.63, 3.8) is 0 Å². The Kier molecular flexibility index (Phi) is 5.52. The van der Waals surface area contributed by atoms with Crippen LogP contribution in [0, 0.1) is 0 Å². The molecule has 11 nitrogen and oxygen atoms in total. The molecule has 5 heterocycles. The maximum Gasteiger partial charge on any atom is 0.286 e. The van der Waals surface area contributed by atoms with Crippen LogP contribution in [0.3, 0.4) is 0 Å². The third-order valence-corrected chi connectivity index (χ3v) is 5.59. The van der Waals surface area contributed by atoms with Crippen LogP contribution in [0.5, 0.6) is 0 Å². The summed E-state index contributed by atoms with van der Waals surface area (Å²) in [5.41, 5.74) is 1.51. The molecule has 32 heavy (non-hydrogen) atoms. The van der Waals surface area contributed by atoms with Crippen molar-refractivity contribution in [2.24, 2.45) is 0 Å². The van der Waals surface area contributed by atoms with Gasteiger partial charge in [0, 0.05) is 31.8 Å². The van der Waals surface area contributed by atoms with Crippen LogP contribution in [0.1, 0.15) is 37.8 Å². The van der Waals surface area contributed by atoms with E-state index in [2.05, 4.69) is 58.1 Å². The minimum absolute atomic E-state index is 0.232. The average Bonchev–Trinajstić information content (AvgIpc) is 3.53. The standard InChI is InChI=1S/C20H20BrN9O2/c1-2-3-4-10-29-16-15(24-19(21)25-16)18(31)30-14(26-27-20(29)30)8-7-13-23-17(32-28-13)12-6-5-9-22-11-12/h5-6,9,11H,2-4,7-8,10H2,1H3,(H,24,25). The number of hydrogen-bond donors (Lipinski definition) is 1. The van der Waals surface area contributed by atoms with Gasteiger partial charge in [-0.25, -0.2) is 9.38 Å². The van der Waals surface area contributed by atoms with Gasteiger partial charge in [-0.05, 0) is 34.5 Å². The van der Waals surface area contributed by atoms with Crippen LogP contribution < -0.4 is 5.56 Å². The molecule has 5 aromatic rings. The molecule has 1 N–H and O–H groups in total. The van der Waals surface area contributed by atoms with Gasteiger partial charge in [-0.15, -0.1) is 10.2 Å². The zero-order chi connectivity index (χ0) is 22.1. The fourth-order valence-electron chi connectivity index (χ4n) is 3.65. The van der Waals surface area contributed by atoms with Crippen LogP contribution in [0.15, 0.2) is 38.6 Å². The quantitative estimate of drug-likeness (QED) is 0.255. The molecule has 0 aliphatic carbocycles. The summed E-state index contributed by atoms with van der Waals surface area (Å²) in [6, 6.07) is 3.66. The SMILES string of the molecule is CCCCCn1c2nc(Br)[nH]c2c(=O)n2c(CCc3noc(-c4cccnc4)n3)nnc12. The van der Waals surface area contributed by atoms with Crippen molar-refractivity contribution in [1.82, 2.24) is 44.3 Å². The van der Waals surface area contributed by atoms with Crippen molar-refractivity contribution in [3.05, 3.63) is 51.3 Å². The zero-order valence-corrected chi connectivity index (χ0v) is 18.9. The third kappa shape index (κ3) is 3.70. The van der Waals surface area contributed by atoms with Gasteiger partial charge in [0.1, 0.15) is 5.82 Å². The number of hydrogen-bond acceptors (Lipinski definition) is 8. The number of aromatic nitrogens is 9. The summed E-state index contributed by atoms with van der Waals surface area (Å²) in [6.07, 6.45) is 7.34. The highest BCUT2D eigenvalue weighted by Gasteiger charge is 2.20. The van der Waals surface area contributed by atoms with Gasteiger partial charge >= 0.3 is 0 Å². The lowest BCUT2D eigenvalue weighted by Gasteiger charge is -2.09. The van der Waals surface area contributed by atoms with Crippen LogP contribution in [0.2, 0.25) is 0 Å². The normalized spacial score (nSPS) is 11.7. The molecule has 5 aromatic heterocycles. The van der Waals surface area contributed by atoms with Crippen LogP contribution in [-0.2, 0) is 19.4 Å². The Hall–Kier alpha value is -3.41. The Morgan fingerprint density at radius 1 is 1.19 bits per heavy atom. The number of rotatable bonds is 8. The summed E-state index contributed by atoms with van der Waals surface area (Å²) >= 11 is 3.34. The van der Waals surface area contributed by atoms with E-state index in [1.54, 1.807) is 16.8 Å². The fraction of sp³-hybridized carbons (Fsp3) is 0.350. The summed E-state index contributed by atoms with van der Waals surface area (Å²) in [5, 5.41) is 12.6. The minimum atomic E-state index is -0.232. The molecule has 0 aromatic carbocycles. The first-order chi connectivity index (χ1) is 15.7. The van der Waals surface area contributed by atoms with E-state index in [4.69, 9.17) is 4.52 Å². The highest BCUT2D eigenvalue weighted by Crippen LogP contribution is 2.18. The van der Waals surface area contributed by atoms with Gasteiger partial charge in [0.2, 0.25) is 5.78 Å². The van der Waals surface area contributed by atoms with Gasteiger partial charge in [0.25, 0.3) is 11.4 Å². The predicted molar refractivity (Wildman–Crippen MR) is 119 cm³/mol. The lowest BCUT2D eigenvalue weighted by atomic mass is 10.2. The molecule has 0 spiro atoms. The van der Waals surface area contributed by atoms with Gasteiger partial charge in [-0.2, -0.15) is 4.98 Å². The van der Waals surface area contributed by atoms with E-state index in [9.17, 15) is 4.79 Å². The molecule has 164 valence electrons. The third-order valence-electron chi connectivity index (χ3n) is 5.22. The van der Waals surface area contributed by atoms with E-state index in [1.807, 2.05) is 16.7 Å². The number of nitrogens with zero attached hydrogens (tertiary/aromatic N) is 8. The molecule has 0 atom stereocenters. The molecule has 0 aliphatic rings. The van der Waals surface area contributed by atoms with E-state index in [1.165, 1.54) is 0 Å². The summed E-state index contributed by atoms with van der Waals surface area (Å²) in [5.74, 6) is 1.95. The topological polar surface area (TPSA) is 133 Å². The fourth-order valence-corrected chi connectivity index (χ4v) is 4.02. The van der Waals surface area contributed by atoms with E-state index in [-0.39, 0.29) is 5.56 Å². The molecule has 0 aliphatic heterocycles. The van der Waals surface area contributed by atoms with Gasteiger partial charge in [-0.1, -0.05) is 24.9 Å². The lowest BCUT2D eigenvalue weighted by Crippen LogP contribution is -2.21. The smallest absolute Gasteiger partial charge is 0.286 e. The van der Waals surface area contributed by atoms with Crippen molar-refractivity contribution in [2.45, 2.75) is 45.6 Å². The number of aryl methyl sites for hydroxylation is 3. The van der Waals surface area contributed by atoms with Gasteiger partial charge < -0.3 is 9.51 Å². The maximum absolute atomic E-state index is 13.2.